The van der Waals surface area contributed by atoms with Gasteiger partial charge in [-0.25, -0.2) is 11.7 Å². The number of halogens is 1. The molecule has 7 nitrogen and oxygen atoms in total. The zero-order valence-electron chi connectivity index (χ0n) is 14.5. The first kappa shape index (κ1) is 20.8. The number of amides is 1. The standard InChI is InChI=1S/C16H19BrN2O2.CH4N2O/c1-11-5-4-6-15(19(2)18)13(11)10-21-12-7-8-14(17)16(9-12)20-3;2-3-1-4/h4-9H,10,18H2,1-3H3;1H,2H2,(H,3,4). The predicted molar refractivity (Wildman–Crippen MR) is 102 cm³/mol. The molecule has 0 aliphatic rings. The highest BCUT2D eigenvalue weighted by Crippen LogP contribution is 2.30. The van der Waals surface area contributed by atoms with Gasteiger partial charge in [0.15, 0.2) is 0 Å². The summed E-state index contributed by atoms with van der Waals surface area (Å²) in [6.07, 6.45) is 0.403. The molecule has 1 amide bonds. The molecule has 0 atom stereocenters. The van der Waals surface area contributed by atoms with E-state index in [9.17, 15) is 0 Å². The topological polar surface area (TPSA) is 103 Å². The number of hydrazine groups is 2. The van der Waals surface area contributed by atoms with Gasteiger partial charge in [0.1, 0.15) is 18.1 Å². The van der Waals surface area contributed by atoms with Gasteiger partial charge in [-0.15, -0.1) is 0 Å². The van der Waals surface area contributed by atoms with Crippen molar-refractivity contribution in [3.05, 3.63) is 52.0 Å². The first-order valence-corrected chi connectivity index (χ1v) is 8.16. The number of anilines is 1. The maximum Gasteiger partial charge on any atom is 0.221 e. The van der Waals surface area contributed by atoms with E-state index in [2.05, 4.69) is 21.8 Å². The molecule has 0 radical (unpaired) electrons. The Morgan fingerprint density at radius 3 is 2.56 bits per heavy atom. The summed E-state index contributed by atoms with van der Waals surface area (Å²) in [5, 5.41) is 1.61. The van der Waals surface area contributed by atoms with E-state index in [0.29, 0.717) is 13.0 Å². The second-order valence-corrected chi connectivity index (χ2v) is 5.91. The minimum atomic E-state index is 0.403. The van der Waals surface area contributed by atoms with Crippen molar-refractivity contribution in [2.45, 2.75) is 13.5 Å². The van der Waals surface area contributed by atoms with Crippen LogP contribution in [0.5, 0.6) is 11.5 Å². The highest BCUT2D eigenvalue weighted by Gasteiger charge is 2.09. The third kappa shape index (κ3) is 6.26. The number of hydrogen-bond acceptors (Lipinski definition) is 6. The van der Waals surface area contributed by atoms with Gasteiger partial charge in [-0.3, -0.25) is 10.2 Å². The Kier molecular flexibility index (Phi) is 8.76. The molecule has 2 aromatic rings. The van der Waals surface area contributed by atoms with Crippen LogP contribution in [0.15, 0.2) is 40.9 Å². The van der Waals surface area contributed by atoms with Crippen molar-refractivity contribution < 1.29 is 14.3 Å². The number of aryl methyl sites for hydroxylation is 1. The summed E-state index contributed by atoms with van der Waals surface area (Å²) in [6, 6.07) is 11.7. The Balaban J connectivity index is 0.000000705. The number of benzene rings is 2. The lowest BCUT2D eigenvalue weighted by Crippen LogP contribution is -2.26. The zero-order chi connectivity index (χ0) is 18.8. The molecule has 2 aromatic carbocycles. The van der Waals surface area contributed by atoms with Crippen molar-refractivity contribution in [1.82, 2.24) is 5.43 Å². The third-order valence-corrected chi connectivity index (χ3v) is 3.99. The number of nitrogens with two attached hydrogens (primary N) is 2. The first-order valence-electron chi connectivity index (χ1n) is 7.37. The van der Waals surface area contributed by atoms with Gasteiger partial charge in [-0.05, 0) is 46.6 Å². The van der Waals surface area contributed by atoms with Gasteiger partial charge < -0.3 is 14.5 Å². The summed E-state index contributed by atoms with van der Waals surface area (Å²) in [5.74, 6) is 11.8. The van der Waals surface area contributed by atoms with Gasteiger partial charge in [0.05, 0.1) is 17.3 Å². The molecule has 0 unspecified atom stereocenters. The molecule has 0 aliphatic heterocycles. The maximum absolute atomic E-state index is 8.94. The first-order chi connectivity index (χ1) is 11.9. The van der Waals surface area contributed by atoms with Gasteiger partial charge in [0.2, 0.25) is 6.41 Å². The summed E-state index contributed by atoms with van der Waals surface area (Å²) in [7, 11) is 3.45. The lowest BCUT2D eigenvalue weighted by Gasteiger charge is -2.19. The number of methoxy groups -OCH3 is 1. The molecule has 0 saturated carbocycles. The molecule has 0 saturated heterocycles. The maximum atomic E-state index is 8.94. The van der Waals surface area contributed by atoms with E-state index >= 15 is 0 Å². The SMILES string of the molecule is COc1cc(OCc2c(C)cccc2N(C)N)ccc1Br.NNC=O. The van der Waals surface area contributed by atoms with Crippen molar-refractivity contribution in [2.75, 3.05) is 19.2 Å². The third-order valence-electron chi connectivity index (χ3n) is 3.34. The minimum Gasteiger partial charge on any atom is -0.495 e. The van der Waals surface area contributed by atoms with E-state index in [0.717, 1.165) is 32.8 Å². The average molecular weight is 411 g/mol. The number of nitrogens with zero attached hydrogens (tertiary/aromatic N) is 1. The monoisotopic (exact) mass is 410 g/mol. The molecule has 136 valence electrons. The van der Waals surface area contributed by atoms with Crippen LogP contribution in [0.4, 0.5) is 5.69 Å². The molecule has 8 heteroatoms. The van der Waals surface area contributed by atoms with Crippen LogP contribution in [0.2, 0.25) is 0 Å². The van der Waals surface area contributed by atoms with Gasteiger partial charge in [0.25, 0.3) is 0 Å². The molecule has 5 N–H and O–H groups in total. The molecule has 25 heavy (non-hydrogen) atoms. The molecular formula is C17H23BrN4O3. The predicted octanol–water partition coefficient (Wildman–Crippen LogP) is 2.26. The summed E-state index contributed by atoms with van der Waals surface area (Å²) in [6.45, 7) is 2.50. The van der Waals surface area contributed by atoms with Gasteiger partial charge in [0, 0.05) is 18.7 Å². The van der Waals surface area contributed by atoms with Crippen LogP contribution in [-0.4, -0.2) is 20.6 Å². The van der Waals surface area contributed by atoms with E-state index in [1.807, 2.05) is 50.4 Å². The Hall–Kier alpha value is -2.29. The van der Waals surface area contributed by atoms with E-state index in [-0.39, 0.29) is 0 Å². The largest absolute Gasteiger partial charge is 0.495 e. The number of carbonyl (C=O) groups excluding carboxylic acids is 1. The van der Waals surface area contributed by atoms with Crippen LogP contribution in [0.3, 0.4) is 0 Å². The number of ether oxygens (including phenoxy) is 2. The second kappa shape index (κ2) is 10.5. The molecule has 0 spiro atoms. The highest BCUT2D eigenvalue weighted by atomic mass is 79.9. The van der Waals surface area contributed by atoms with Crippen molar-refractivity contribution in [3.8, 4) is 11.5 Å². The van der Waals surface area contributed by atoms with Crippen molar-refractivity contribution >= 4 is 28.0 Å². The summed E-state index contributed by atoms with van der Waals surface area (Å²) in [4.78, 5) is 8.94. The quantitative estimate of drug-likeness (QED) is 0.292. The van der Waals surface area contributed by atoms with Crippen LogP contribution < -0.4 is 31.6 Å². The Labute approximate surface area is 156 Å². The molecular weight excluding hydrogens is 388 g/mol. The lowest BCUT2D eigenvalue weighted by atomic mass is 10.1. The van der Waals surface area contributed by atoms with Crippen LogP contribution in [0, 0.1) is 6.92 Å². The fourth-order valence-electron chi connectivity index (χ4n) is 2.09. The van der Waals surface area contributed by atoms with Crippen molar-refractivity contribution in [1.29, 1.82) is 0 Å². The molecule has 0 bridgehead atoms. The van der Waals surface area contributed by atoms with Gasteiger partial charge >= 0.3 is 0 Å². The van der Waals surface area contributed by atoms with E-state index in [1.165, 1.54) is 0 Å². The highest BCUT2D eigenvalue weighted by molar-refractivity contribution is 9.10. The molecule has 0 aromatic heterocycles. The average Bonchev–Trinajstić information content (AvgIpc) is 2.61. The molecule has 0 aliphatic carbocycles. The van der Waals surface area contributed by atoms with E-state index in [1.54, 1.807) is 17.5 Å². The smallest absolute Gasteiger partial charge is 0.221 e. The lowest BCUT2D eigenvalue weighted by molar-refractivity contribution is -0.109. The van der Waals surface area contributed by atoms with Crippen LogP contribution in [0.25, 0.3) is 0 Å². The van der Waals surface area contributed by atoms with Crippen molar-refractivity contribution in [2.24, 2.45) is 11.7 Å². The normalized spacial score (nSPS) is 9.52. The molecule has 0 fully saturated rings. The Morgan fingerprint density at radius 2 is 2.00 bits per heavy atom. The fourth-order valence-corrected chi connectivity index (χ4v) is 2.50. The second-order valence-electron chi connectivity index (χ2n) is 5.05. The number of rotatable bonds is 6. The molecule has 0 heterocycles. The van der Waals surface area contributed by atoms with Gasteiger partial charge in [-0.2, -0.15) is 0 Å². The summed E-state index contributed by atoms with van der Waals surface area (Å²) in [5.41, 5.74) is 4.93. The number of hydrogen-bond donors (Lipinski definition) is 3. The van der Waals surface area contributed by atoms with E-state index in [4.69, 9.17) is 20.1 Å². The van der Waals surface area contributed by atoms with E-state index < -0.39 is 0 Å². The van der Waals surface area contributed by atoms with Gasteiger partial charge in [-0.1, -0.05) is 12.1 Å². The fraction of sp³-hybridized carbons (Fsp3) is 0.235. The zero-order valence-corrected chi connectivity index (χ0v) is 16.0. The van der Waals surface area contributed by atoms with Crippen LogP contribution in [-0.2, 0) is 11.4 Å². The van der Waals surface area contributed by atoms with Crippen molar-refractivity contribution in [3.63, 3.8) is 0 Å². The Bertz CT molecular complexity index is 696. The summed E-state index contributed by atoms with van der Waals surface area (Å²) >= 11 is 3.43. The summed E-state index contributed by atoms with van der Waals surface area (Å²) < 4.78 is 12.0. The molecule has 2 rings (SSSR count). The van der Waals surface area contributed by atoms with Crippen LogP contribution in [0.1, 0.15) is 11.1 Å². The number of carbonyl (C=O) groups is 1. The number of nitrogens with one attached hydrogen (secondary N) is 1. The Morgan fingerprint density at radius 1 is 1.32 bits per heavy atom. The minimum absolute atomic E-state index is 0.403. The van der Waals surface area contributed by atoms with Crippen LogP contribution >= 0.6 is 15.9 Å².